The fourth-order valence-corrected chi connectivity index (χ4v) is 3.29. The van der Waals surface area contributed by atoms with Crippen LogP contribution in [0.15, 0.2) is 24.5 Å². The number of halogens is 2. The quantitative estimate of drug-likeness (QED) is 0.613. The van der Waals surface area contributed by atoms with Crippen LogP contribution in [-0.2, 0) is 4.74 Å². The Hall–Kier alpha value is -2.69. The zero-order chi connectivity index (χ0) is 20.5. The molecule has 146 valence electrons. The molecule has 0 aliphatic heterocycles. The van der Waals surface area contributed by atoms with E-state index in [4.69, 9.17) is 16.3 Å². The third-order valence-corrected chi connectivity index (χ3v) is 5.14. The second-order valence-corrected chi connectivity index (χ2v) is 7.43. The highest BCUT2D eigenvalue weighted by Gasteiger charge is 2.29. The first-order valence-electron chi connectivity index (χ1n) is 8.86. The Kier molecular flexibility index (Phi) is 5.54. The van der Waals surface area contributed by atoms with Gasteiger partial charge in [-0.15, -0.1) is 0 Å². The van der Waals surface area contributed by atoms with Crippen LogP contribution in [0, 0.1) is 17.1 Å². The van der Waals surface area contributed by atoms with Gasteiger partial charge in [-0.1, -0.05) is 18.5 Å². The zero-order valence-corrected chi connectivity index (χ0v) is 16.9. The van der Waals surface area contributed by atoms with Crippen molar-refractivity contribution >= 4 is 28.5 Å². The lowest BCUT2D eigenvalue weighted by Gasteiger charge is -2.33. The van der Waals surface area contributed by atoms with Crippen LogP contribution in [-0.4, -0.2) is 33.7 Å². The molecule has 2 N–H and O–H groups in total. The highest BCUT2D eigenvalue weighted by Crippen LogP contribution is 2.33. The molecule has 0 amide bonds. The average molecular weight is 402 g/mol. The molecule has 0 spiro atoms. The van der Waals surface area contributed by atoms with Gasteiger partial charge in [0.25, 0.3) is 0 Å². The molecular formula is C20H21ClFN5O. The molecule has 3 heterocycles. The van der Waals surface area contributed by atoms with Crippen LogP contribution >= 0.6 is 11.6 Å². The van der Waals surface area contributed by atoms with Crippen LogP contribution in [0.4, 0.5) is 10.2 Å². The number of ether oxygens (including phenoxy) is 1. The summed E-state index contributed by atoms with van der Waals surface area (Å²) >= 11 is 6.07. The SMILES string of the molecule is CCC(Nc1nc(-c2c[nH]c3ncc(Cl)cc23)c(C#N)cc1F)C(C)(C)OC. The molecule has 28 heavy (non-hydrogen) atoms. The summed E-state index contributed by atoms with van der Waals surface area (Å²) in [6.07, 6.45) is 3.91. The van der Waals surface area contributed by atoms with E-state index in [1.807, 2.05) is 26.8 Å². The van der Waals surface area contributed by atoms with E-state index in [2.05, 4.69) is 20.3 Å². The Morgan fingerprint density at radius 1 is 1.43 bits per heavy atom. The Morgan fingerprint density at radius 3 is 2.82 bits per heavy atom. The number of methoxy groups -OCH3 is 1. The number of aromatic nitrogens is 3. The molecule has 0 aromatic carbocycles. The van der Waals surface area contributed by atoms with E-state index < -0.39 is 11.4 Å². The van der Waals surface area contributed by atoms with Crippen LogP contribution in [0.1, 0.15) is 32.8 Å². The van der Waals surface area contributed by atoms with E-state index in [9.17, 15) is 9.65 Å². The summed E-state index contributed by atoms with van der Waals surface area (Å²) in [7, 11) is 1.61. The molecule has 0 bridgehead atoms. The maximum atomic E-state index is 14.7. The number of aromatic amines is 1. The lowest BCUT2D eigenvalue weighted by molar-refractivity contribution is 0.00528. The minimum Gasteiger partial charge on any atom is -0.377 e. The van der Waals surface area contributed by atoms with Crippen molar-refractivity contribution in [1.82, 2.24) is 15.0 Å². The Balaban J connectivity index is 2.13. The minimum absolute atomic E-state index is 0.0651. The van der Waals surface area contributed by atoms with Gasteiger partial charge >= 0.3 is 0 Å². The van der Waals surface area contributed by atoms with Crippen LogP contribution in [0.3, 0.4) is 0 Å². The summed E-state index contributed by atoms with van der Waals surface area (Å²) in [4.78, 5) is 11.7. The molecule has 3 rings (SSSR count). The molecule has 0 fully saturated rings. The van der Waals surface area contributed by atoms with Gasteiger partial charge in [0, 0.05) is 30.5 Å². The van der Waals surface area contributed by atoms with Gasteiger partial charge in [0.15, 0.2) is 11.6 Å². The third kappa shape index (κ3) is 3.66. The fourth-order valence-electron chi connectivity index (χ4n) is 3.13. The minimum atomic E-state index is -0.596. The molecule has 0 saturated carbocycles. The first-order chi connectivity index (χ1) is 13.3. The predicted octanol–water partition coefficient (Wildman–Crippen LogP) is 4.90. The lowest BCUT2D eigenvalue weighted by atomic mass is 9.96. The Morgan fingerprint density at radius 2 is 2.18 bits per heavy atom. The van der Waals surface area contributed by atoms with Crippen LogP contribution in [0.25, 0.3) is 22.3 Å². The summed E-state index contributed by atoms with van der Waals surface area (Å²) < 4.78 is 20.2. The maximum Gasteiger partial charge on any atom is 0.166 e. The van der Waals surface area contributed by atoms with Crippen LogP contribution in [0.5, 0.6) is 0 Å². The summed E-state index contributed by atoms with van der Waals surface area (Å²) in [5, 5.41) is 13.8. The molecule has 0 saturated heterocycles. The fraction of sp³-hybridized carbons (Fsp3) is 0.350. The van der Waals surface area contributed by atoms with Gasteiger partial charge in [-0.05, 0) is 32.4 Å². The van der Waals surface area contributed by atoms with E-state index in [0.717, 1.165) is 0 Å². The lowest BCUT2D eigenvalue weighted by Crippen LogP contribution is -2.43. The first-order valence-corrected chi connectivity index (χ1v) is 9.23. The third-order valence-electron chi connectivity index (χ3n) is 4.93. The number of anilines is 1. The number of pyridine rings is 2. The number of fused-ring (bicyclic) bond motifs is 1. The van der Waals surface area contributed by atoms with Crippen molar-refractivity contribution in [3.63, 3.8) is 0 Å². The predicted molar refractivity (Wildman–Crippen MR) is 108 cm³/mol. The number of hydrogen-bond acceptors (Lipinski definition) is 5. The second-order valence-electron chi connectivity index (χ2n) is 6.99. The van der Waals surface area contributed by atoms with E-state index in [1.54, 1.807) is 19.4 Å². The molecule has 0 aliphatic carbocycles. The molecule has 3 aromatic heterocycles. The summed E-state index contributed by atoms with van der Waals surface area (Å²) in [5.41, 5.74) is 1.18. The summed E-state index contributed by atoms with van der Waals surface area (Å²) in [6, 6.07) is 4.76. The first kappa shape index (κ1) is 20.1. The van der Waals surface area contributed by atoms with Crippen LogP contribution in [0.2, 0.25) is 5.02 Å². The number of nitrogens with one attached hydrogen (secondary N) is 2. The normalized spacial score (nSPS) is 12.8. The number of nitriles is 1. The van der Waals surface area contributed by atoms with Crippen molar-refractivity contribution in [3.05, 3.63) is 40.9 Å². The van der Waals surface area contributed by atoms with Gasteiger partial charge in [-0.2, -0.15) is 5.26 Å². The van der Waals surface area contributed by atoms with Crippen molar-refractivity contribution < 1.29 is 9.13 Å². The van der Waals surface area contributed by atoms with Crippen molar-refractivity contribution in [1.29, 1.82) is 5.26 Å². The van der Waals surface area contributed by atoms with Gasteiger partial charge in [0.1, 0.15) is 11.7 Å². The molecular weight excluding hydrogens is 381 g/mol. The van der Waals surface area contributed by atoms with Crippen molar-refractivity contribution in [2.75, 3.05) is 12.4 Å². The molecule has 3 aromatic rings. The van der Waals surface area contributed by atoms with E-state index in [1.165, 1.54) is 12.3 Å². The number of rotatable bonds is 6. The highest BCUT2D eigenvalue weighted by molar-refractivity contribution is 6.31. The van der Waals surface area contributed by atoms with Gasteiger partial charge in [0.2, 0.25) is 0 Å². The number of hydrogen-bond donors (Lipinski definition) is 2. The maximum absolute atomic E-state index is 14.7. The molecule has 0 radical (unpaired) electrons. The monoisotopic (exact) mass is 401 g/mol. The van der Waals surface area contributed by atoms with Crippen LogP contribution < -0.4 is 5.32 Å². The molecule has 0 aliphatic rings. The van der Waals surface area contributed by atoms with E-state index in [0.29, 0.717) is 33.7 Å². The smallest absolute Gasteiger partial charge is 0.166 e. The molecule has 6 nitrogen and oxygen atoms in total. The summed E-state index contributed by atoms with van der Waals surface area (Å²) in [5.74, 6) is -0.531. The largest absolute Gasteiger partial charge is 0.377 e. The second kappa shape index (κ2) is 7.74. The summed E-state index contributed by atoms with van der Waals surface area (Å²) in [6.45, 7) is 5.82. The van der Waals surface area contributed by atoms with E-state index >= 15 is 0 Å². The average Bonchev–Trinajstić information content (AvgIpc) is 3.09. The molecule has 1 atom stereocenters. The van der Waals surface area contributed by atoms with Gasteiger partial charge in [-0.3, -0.25) is 0 Å². The molecule has 1 unspecified atom stereocenters. The number of H-pyrrole nitrogens is 1. The van der Waals surface area contributed by atoms with Gasteiger partial charge in [0.05, 0.1) is 27.9 Å². The van der Waals surface area contributed by atoms with Crippen molar-refractivity contribution in [3.8, 4) is 17.3 Å². The number of nitrogens with zero attached hydrogens (tertiary/aromatic N) is 3. The van der Waals surface area contributed by atoms with E-state index in [-0.39, 0.29) is 17.4 Å². The zero-order valence-electron chi connectivity index (χ0n) is 16.1. The van der Waals surface area contributed by atoms with Gasteiger partial charge < -0.3 is 15.0 Å². The highest BCUT2D eigenvalue weighted by atomic mass is 35.5. The van der Waals surface area contributed by atoms with Crippen molar-refractivity contribution in [2.24, 2.45) is 0 Å². The molecule has 8 heteroatoms. The van der Waals surface area contributed by atoms with Gasteiger partial charge in [-0.25, -0.2) is 14.4 Å². The van der Waals surface area contributed by atoms with Crippen molar-refractivity contribution in [2.45, 2.75) is 38.8 Å². The standard InChI is InChI=1S/C20H21ClFN5O/c1-5-16(20(2,3)28-4)26-19-15(22)6-11(8-23)17(27-19)14-10-25-18-13(14)7-12(21)9-24-18/h6-7,9-10,16H,5H2,1-4H3,(H,24,25)(H,26,27). The topological polar surface area (TPSA) is 86.6 Å². The Labute approximate surface area is 167 Å². The Bertz CT molecular complexity index is 1060.